The molecule has 2 aromatic carbocycles. The fourth-order valence-corrected chi connectivity index (χ4v) is 2.58. The fourth-order valence-electron chi connectivity index (χ4n) is 2.12. The summed E-state index contributed by atoms with van der Waals surface area (Å²) in [5, 5.41) is 4.62. The van der Waals surface area contributed by atoms with Crippen LogP contribution in [0, 0.1) is 19.7 Å². The van der Waals surface area contributed by atoms with Gasteiger partial charge in [0.05, 0.1) is 4.47 Å². The number of urea groups is 1. The van der Waals surface area contributed by atoms with Crippen LogP contribution in [-0.4, -0.2) is 31.1 Å². The van der Waals surface area contributed by atoms with Gasteiger partial charge in [-0.3, -0.25) is 10.1 Å². The number of hydrogen-bond acceptors (Lipinski definition) is 5. The van der Waals surface area contributed by atoms with Crippen molar-refractivity contribution < 1.29 is 28.2 Å². The summed E-state index contributed by atoms with van der Waals surface area (Å²) in [6.45, 7) is 2.61. The predicted molar refractivity (Wildman–Crippen MR) is 104 cm³/mol. The number of carbonyl (C=O) groups is 3. The van der Waals surface area contributed by atoms with Gasteiger partial charge in [-0.1, -0.05) is 12.1 Å². The number of esters is 1. The molecule has 0 aromatic heterocycles. The zero-order valence-electron chi connectivity index (χ0n) is 15.2. The van der Waals surface area contributed by atoms with E-state index in [4.69, 9.17) is 9.47 Å². The number of hydrogen-bond donors (Lipinski definition) is 2. The van der Waals surface area contributed by atoms with Gasteiger partial charge >= 0.3 is 12.0 Å². The third kappa shape index (κ3) is 6.34. The molecule has 0 spiro atoms. The van der Waals surface area contributed by atoms with Crippen molar-refractivity contribution in [3.8, 4) is 5.75 Å². The van der Waals surface area contributed by atoms with E-state index in [0.29, 0.717) is 10.2 Å². The highest BCUT2D eigenvalue weighted by Gasteiger charge is 2.13. The molecule has 0 aliphatic rings. The first kappa shape index (κ1) is 21.4. The molecular weight excluding hydrogens is 435 g/mol. The van der Waals surface area contributed by atoms with Crippen LogP contribution >= 0.6 is 15.9 Å². The molecule has 0 aliphatic heterocycles. The lowest BCUT2D eigenvalue weighted by atomic mass is 10.1. The van der Waals surface area contributed by atoms with Gasteiger partial charge in [0.2, 0.25) is 0 Å². The van der Waals surface area contributed by atoms with E-state index in [1.165, 1.54) is 18.2 Å². The maximum atomic E-state index is 13.0. The molecule has 0 bridgehead atoms. The lowest BCUT2D eigenvalue weighted by Crippen LogP contribution is -2.37. The van der Waals surface area contributed by atoms with E-state index in [1.807, 2.05) is 19.9 Å². The monoisotopic (exact) mass is 452 g/mol. The van der Waals surface area contributed by atoms with Crippen LogP contribution in [0.4, 0.5) is 14.9 Å². The fraction of sp³-hybridized carbons (Fsp3) is 0.211. The topological polar surface area (TPSA) is 93.7 Å². The Morgan fingerprint density at radius 2 is 1.86 bits per heavy atom. The highest BCUT2D eigenvalue weighted by molar-refractivity contribution is 9.10. The number of carbonyl (C=O) groups excluding carboxylic acids is 3. The van der Waals surface area contributed by atoms with Gasteiger partial charge in [0.25, 0.3) is 5.91 Å². The summed E-state index contributed by atoms with van der Waals surface area (Å²) in [5.41, 5.74) is 2.44. The van der Waals surface area contributed by atoms with E-state index >= 15 is 0 Å². The Morgan fingerprint density at radius 1 is 1.11 bits per heavy atom. The summed E-state index contributed by atoms with van der Waals surface area (Å²) in [5.74, 6) is -1.83. The maximum Gasteiger partial charge on any atom is 0.344 e. The van der Waals surface area contributed by atoms with E-state index in [-0.39, 0.29) is 5.75 Å². The van der Waals surface area contributed by atoms with Crippen molar-refractivity contribution in [1.82, 2.24) is 5.32 Å². The van der Waals surface area contributed by atoms with Crippen LogP contribution in [-0.2, 0) is 14.3 Å². The van der Waals surface area contributed by atoms with E-state index in [9.17, 15) is 18.8 Å². The number of nitrogens with one attached hydrogen (secondary N) is 2. The van der Waals surface area contributed by atoms with Crippen LogP contribution in [0.5, 0.6) is 5.75 Å². The van der Waals surface area contributed by atoms with Crippen LogP contribution < -0.4 is 15.4 Å². The van der Waals surface area contributed by atoms with Crippen LogP contribution in [0.15, 0.2) is 40.9 Å². The first-order chi connectivity index (χ1) is 13.3. The smallest absolute Gasteiger partial charge is 0.344 e. The molecule has 0 fully saturated rings. The van der Waals surface area contributed by atoms with E-state index in [2.05, 4.69) is 26.6 Å². The predicted octanol–water partition coefficient (Wildman–Crippen LogP) is 3.48. The standard InChI is InChI=1S/C19H18BrFN2O5/c1-11-4-3-5-15(12(11)2)22-19(26)23-17(24)9-28-18(25)10-27-16-7-6-13(21)8-14(16)20/h3-8H,9-10H2,1-2H3,(H2,22,23,24,26). The summed E-state index contributed by atoms with van der Waals surface area (Å²) < 4.78 is 23.2. The third-order valence-electron chi connectivity index (χ3n) is 3.71. The van der Waals surface area contributed by atoms with Gasteiger partial charge in [0.15, 0.2) is 13.2 Å². The summed E-state index contributed by atoms with van der Waals surface area (Å²) in [7, 11) is 0. The van der Waals surface area contributed by atoms with Crippen molar-refractivity contribution >= 4 is 39.5 Å². The molecule has 3 amide bonds. The second kappa shape index (κ2) is 9.84. The van der Waals surface area contributed by atoms with Gasteiger partial charge in [-0.2, -0.15) is 0 Å². The lowest BCUT2D eigenvalue weighted by Gasteiger charge is -2.11. The number of benzene rings is 2. The largest absolute Gasteiger partial charge is 0.481 e. The number of imide groups is 1. The van der Waals surface area contributed by atoms with Crippen molar-refractivity contribution in [2.45, 2.75) is 13.8 Å². The SMILES string of the molecule is Cc1cccc(NC(=O)NC(=O)COC(=O)COc2ccc(F)cc2Br)c1C. The van der Waals surface area contributed by atoms with Crippen molar-refractivity contribution in [3.63, 3.8) is 0 Å². The van der Waals surface area contributed by atoms with Crippen LogP contribution in [0.3, 0.4) is 0 Å². The van der Waals surface area contributed by atoms with Gasteiger partial charge < -0.3 is 14.8 Å². The Balaban J connectivity index is 1.74. The Bertz CT molecular complexity index is 904. The number of ether oxygens (including phenoxy) is 2. The zero-order valence-corrected chi connectivity index (χ0v) is 16.8. The molecule has 0 radical (unpaired) electrons. The zero-order chi connectivity index (χ0) is 20.7. The highest BCUT2D eigenvalue weighted by Crippen LogP contribution is 2.25. The van der Waals surface area contributed by atoms with Crippen molar-refractivity contribution in [2.75, 3.05) is 18.5 Å². The maximum absolute atomic E-state index is 13.0. The molecule has 0 saturated heterocycles. The molecule has 148 valence electrons. The molecule has 7 nitrogen and oxygen atoms in total. The Morgan fingerprint density at radius 3 is 2.57 bits per heavy atom. The van der Waals surface area contributed by atoms with Gasteiger partial charge in [-0.15, -0.1) is 0 Å². The molecular formula is C19H18BrFN2O5. The molecule has 28 heavy (non-hydrogen) atoms. The minimum absolute atomic E-state index is 0.246. The number of anilines is 1. The summed E-state index contributed by atoms with van der Waals surface area (Å²) in [6, 6.07) is 8.35. The second-order valence-electron chi connectivity index (χ2n) is 5.77. The average molecular weight is 453 g/mol. The first-order valence-electron chi connectivity index (χ1n) is 8.17. The van der Waals surface area contributed by atoms with Gasteiger partial charge in [-0.05, 0) is 65.2 Å². The second-order valence-corrected chi connectivity index (χ2v) is 6.63. The Labute approximate surface area is 169 Å². The van der Waals surface area contributed by atoms with Crippen LogP contribution in [0.25, 0.3) is 0 Å². The minimum atomic E-state index is -0.818. The van der Waals surface area contributed by atoms with Crippen LogP contribution in [0.1, 0.15) is 11.1 Å². The number of aryl methyl sites for hydroxylation is 1. The molecule has 0 saturated carbocycles. The Kier molecular flexibility index (Phi) is 7.51. The van der Waals surface area contributed by atoms with Gasteiger partial charge in [-0.25, -0.2) is 14.0 Å². The van der Waals surface area contributed by atoms with Crippen molar-refractivity contribution in [3.05, 3.63) is 57.8 Å². The number of amides is 3. The molecule has 9 heteroatoms. The number of halogens is 2. The molecule has 2 aromatic rings. The van der Waals surface area contributed by atoms with Crippen molar-refractivity contribution in [1.29, 1.82) is 0 Å². The third-order valence-corrected chi connectivity index (χ3v) is 4.33. The molecule has 0 heterocycles. The minimum Gasteiger partial charge on any atom is -0.481 e. The normalized spacial score (nSPS) is 10.1. The van der Waals surface area contributed by atoms with E-state index < -0.39 is 36.9 Å². The molecule has 2 rings (SSSR count). The summed E-state index contributed by atoms with van der Waals surface area (Å²) >= 11 is 3.10. The summed E-state index contributed by atoms with van der Waals surface area (Å²) in [6.07, 6.45) is 0. The van der Waals surface area contributed by atoms with E-state index in [1.54, 1.807) is 12.1 Å². The van der Waals surface area contributed by atoms with Crippen LogP contribution in [0.2, 0.25) is 0 Å². The first-order valence-corrected chi connectivity index (χ1v) is 8.96. The molecule has 0 atom stereocenters. The van der Waals surface area contributed by atoms with Gasteiger partial charge in [0, 0.05) is 5.69 Å². The average Bonchev–Trinajstić information content (AvgIpc) is 2.63. The molecule has 2 N–H and O–H groups in total. The molecule has 0 aliphatic carbocycles. The lowest BCUT2D eigenvalue weighted by molar-refractivity contribution is -0.150. The summed E-state index contributed by atoms with van der Waals surface area (Å²) in [4.78, 5) is 35.2. The highest BCUT2D eigenvalue weighted by atomic mass is 79.9. The quantitative estimate of drug-likeness (QED) is 0.654. The van der Waals surface area contributed by atoms with Gasteiger partial charge in [0.1, 0.15) is 11.6 Å². The van der Waals surface area contributed by atoms with E-state index in [0.717, 1.165) is 11.1 Å². The number of rotatable bonds is 6. The van der Waals surface area contributed by atoms with Crippen molar-refractivity contribution in [2.24, 2.45) is 0 Å². The Hall–Kier alpha value is -2.94. The molecule has 0 unspecified atom stereocenters.